The average Bonchev–Trinajstić information content (AvgIpc) is 2.64. The van der Waals surface area contributed by atoms with E-state index in [1.165, 1.54) is 70.6 Å². The van der Waals surface area contributed by atoms with Crippen LogP contribution in [0.25, 0.3) is 0 Å². The van der Waals surface area contributed by atoms with Gasteiger partial charge < -0.3 is 19.0 Å². The lowest BCUT2D eigenvalue weighted by molar-refractivity contribution is 0.121. The van der Waals surface area contributed by atoms with Crippen molar-refractivity contribution in [3.63, 3.8) is 0 Å². The fraction of sp³-hybridized carbons (Fsp3) is 1.00. The van der Waals surface area contributed by atoms with Crippen LogP contribution in [-0.4, -0.2) is 35.7 Å². The Hall–Kier alpha value is 0.347. The normalized spacial score (nSPS) is 13.4. The number of rotatable bonds is 19. The molecule has 0 aliphatic carbocycles. The van der Waals surface area contributed by atoms with Crippen LogP contribution in [0, 0.1) is 5.92 Å². The van der Waals surface area contributed by atoms with Gasteiger partial charge >= 0.3 is 8.80 Å². The Kier molecular flexibility index (Phi) is 19.8. The summed E-state index contributed by atoms with van der Waals surface area (Å²) >= 11 is 0. The van der Waals surface area contributed by atoms with Gasteiger partial charge in [-0.15, -0.1) is 12.4 Å². The van der Waals surface area contributed by atoms with E-state index in [1.54, 1.807) is 21.3 Å². The van der Waals surface area contributed by atoms with Crippen LogP contribution in [0.4, 0.5) is 0 Å². The van der Waals surface area contributed by atoms with Crippen molar-refractivity contribution in [2.75, 3.05) is 21.3 Å². The van der Waals surface area contributed by atoms with Crippen molar-refractivity contribution in [3.8, 4) is 0 Å². The maximum Gasteiger partial charge on any atom is 0.500 e. The van der Waals surface area contributed by atoms with Crippen LogP contribution in [0.3, 0.4) is 0 Å². The minimum Gasteiger partial charge on any atom is -0.377 e. The van der Waals surface area contributed by atoms with E-state index in [4.69, 9.17) is 19.0 Å². The van der Waals surface area contributed by atoms with E-state index in [2.05, 4.69) is 20.8 Å². The Bertz CT molecular complexity index is 328. The molecule has 0 aromatic rings. The molecule has 172 valence electrons. The van der Waals surface area contributed by atoms with Gasteiger partial charge in [0.15, 0.2) is 0 Å². The minimum atomic E-state index is -2.45. The summed E-state index contributed by atoms with van der Waals surface area (Å²) in [7, 11) is 2.61. The van der Waals surface area contributed by atoms with Gasteiger partial charge in [0.2, 0.25) is 0 Å². The lowest BCUT2D eigenvalue weighted by Crippen LogP contribution is -2.44. The van der Waals surface area contributed by atoms with E-state index in [1.807, 2.05) is 0 Å². The fourth-order valence-electron chi connectivity index (χ4n) is 3.89. The quantitative estimate of drug-likeness (QED) is 0.179. The third-order valence-electron chi connectivity index (χ3n) is 5.93. The second-order valence-corrected chi connectivity index (χ2v) is 11.8. The molecule has 0 saturated heterocycles. The van der Waals surface area contributed by atoms with Gasteiger partial charge in [0.1, 0.15) is 0 Å². The Morgan fingerprint density at radius 3 is 1.50 bits per heavy atom. The summed E-state index contributed by atoms with van der Waals surface area (Å²) in [6.07, 6.45) is 17.2. The van der Waals surface area contributed by atoms with Crippen LogP contribution in [0.2, 0.25) is 6.04 Å². The zero-order valence-electron chi connectivity index (χ0n) is 19.7. The van der Waals surface area contributed by atoms with Crippen molar-refractivity contribution in [2.45, 2.75) is 116 Å². The second-order valence-electron chi connectivity index (χ2n) is 8.68. The molecule has 0 radical (unpaired) electrons. The average molecular weight is 440 g/mol. The summed E-state index contributed by atoms with van der Waals surface area (Å²) in [5.74, 6) is 0.545. The first kappa shape index (κ1) is 30.5. The van der Waals surface area contributed by atoms with Crippen LogP contribution in [0.1, 0.15) is 104 Å². The van der Waals surface area contributed by atoms with Crippen LogP contribution >= 0.6 is 12.4 Å². The second kappa shape index (κ2) is 18.1. The lowest BCUT2D eigenvalue weighted by Gasteiger charge is -2.32. The van der Waals surface area contributed by atoms with Gasteiger partial charge in [0, 0.05) is 32.9 Å². The first-order valence-corrected chi connectivity index (χ1v) is 13.2. The van der Waals surface area contributed by atoms with Crippen molar-refractivity contribution in [1.82, 2.24) is 0 Å². The maximum absolute atomic E-state index is 6.47. The Labute approximate surface area is 183 Å². The molecule has 0 fully saturated rings. The Balaban J connectivity index is 0. The van der Waals surface area contributed by atoms with Gasteiger partial charge in [-0.1, -0.05) is 71.1 Å². The summed E-state index contributed by atoms with van der Waals surface area (Å²) in [6.45, 7) is 6.62. The SMILES string of the molecule is CCCCCCCCCCCCC(CCC[Si](OC)(OC)OC)C(C)(C)N.Cl. The highest BCUT2D eigenvalue weighted by Crippen LogP contribution is 2.28. The summed E-state index contributed by atoms with van der Waals surface area (Å²) in [5, 5.41) is 0. The molecule has 0 heterocycles. The van der Waals surface area contributed by atoms with Gasteiger partial charge in [-0.05, 0) is 39.0 Å². The number of unbranched alkanes of at least 4 members (excludes halogenated alkanes) is 9. The molecule has 0 aromatic carbocycles. The first-order chi connectivity index (χ1) is 12.8. The van der Waals surface area contributed by atoms with E-state index >= 15 is 0 Å². The fourth-order valence-corrected chi connectivity index (χ4v) is 5.64. The number of hydrogen-bond acceptors (Lipinski definition) is 4. The van der Waals surface area contributed by atoms with E-state index < -0.39 is 8.80 Å². The van der Waals surface area contributed by atoms with Crippen LogP contribution < -0.4 is 5.73 Å². The van der Waals surface area contributed by atoms with Crippen molar-refractivity contribution in [1.29, 1.82) is 0 Å². The summed E-state index contributed by atoms with van der Waals surface area (Å²) < 4.78 is 16.6. The molecule has 28 heavy (non-hydrogen) atoms. The molecule has 0 saturated carbocycles. The van der Waals surface area contributed by atoms with Gasteiger partial charge in [0.05, 0.1) is 0 Å². The van der Waals surface area contributed by atoms with Gasteiger partial charge in [-0.25, -0.2) is 0 Å². The summed E-state index contributed by atoms with van der Waals surface area (Å²) in [4.78, 5) is 0. The highest BCUT2D eigenvalue weighted by Gasteiger charge is 2.37. The Morgan fingerprint density at radius 2 is 1.11 bits per heavy atom. The topological polar surface area (TPSA) is 53.7 Å². The van der Waals surface area contributed by atoms with E-state index in [9.17, 15) is 0 Å². The molecule has 0 aliphatic heterocycles. The molecule has 0 bridgehead atoms. The third-order valence-corrected chi connectivity index (χ3v) is 8.76. The molecule has 0 amide bonds. The largest absolute Gasteiger partial charge is 0.500 e. The lowest BCUT2D eigenvalue weighted by atomic mass is 9.81. The van der Waals surface area contributed by atoms with Crippen molar-refractivity contribution < 1.29 is 13.3 Å². The predicted molar refractivity (Wildman–Crippen MR) is 126 cm³/mol. The van der Waals surface area contributed by atoms with Gasteiger partial charge in [-0.2, -0.15) is 0 Å². The summed E-state index contributed by atoms with van der Waals surface area (Å²) in [6, 6.07) is 0.862. The molecule has 2 N–H and O–H groups in total. The van der Waals surface area contributed by atoms with E-state index in [0.29, 0.717) is 5.92 Å². The summed E-state index contributed by atoms with van der Waals surface area (Å²) in [5.41, 5.74) is 6.34. The van der Waals surface area contributed by atoms with Crippen LogP contribution in [0.15, 0.2) is 0 Å². The van der Waals surface area contributed by atoms with E-state index in [-0.39, 0.29) is 17.9 Å². The third kappa shape index (κ3) is 14.3. The molecule has 0 aromatic heterocycles. The standard InChI is InChI=1S/C22H49NO3Si.ClH/c1-7-8-9-10-11-12-13-14-15-16-18-21(22(2,3)23)19-17-20-27(24-4,25-5)26-6;/h21H,7-20,23H2,1-6H3;1H. The predicted octanol–water partition coefficient (Wildman–Crippen LogP) is 6.73. The molecule has 0 rings (SSSR count). The first-order valence-electron chi connectivity index (χ1n) is 11.3. The smallest absolute Gasteiger partial charge is 0.377 e. The highest BCUT2D eigenvalue weighted by atomic mass is 35.5. The zero-order chi connectivity index (χ0) is 20.6. The van der Waals surface area contributed by atoms with Crippen LogP contribution in [-0.2, 0) is 13.3 Å². The molecule has 0 aliphatic rings. The van der Waals surface area contributed by atoms with Crippen molar-refractivity contribution in [3.05, 3.63) is 0 Å². The zero-order valence-corrected chi connectivity index (χ0v) is 21.5. The minimum absolute atomic E-state index is 0. The molecular weight excluding hydrogens is 390 g/mol. The molecule has 1 atom stereocenters. The van der Waals surface area contributed by atoms with Crippen LogP contribution in [0.5, 0.6) is 0 Å². The van der Waals surface area contributed by atoms with Gasteiger partial charge in [0.25, 0.3) is 0 Å². The highest BCUT2D eigenvalue weighted by molar-refractivity contribution is 6.60. The van der Waals surface area contributed by atoms with Crippen molar-refractivity contribution >= 4 is 21.2 Å². The maximum atomic E-state index is 6.47. The van der Waals surface area contributed by atoms with E-state index in [0.717, 1.165) is 18.9 Å². The van der Waals surface area contributed by atoms with Crippen molar-refractivity contribution in [2.24, 2.45) is 11.7 Å². The molecule has 1 unspecified atom stereocenters. The van der Waals surface area contributed by atoms with Gasteiger partial charge in [-0.3, -0.25) is 0 Å². The Morgan fingerprint density at radius 1 is 0.714 bits per heavy atom. The number of hydrogen-bond donors (Lipinski definition) is 1. The molecule has 4 nitrogen and oxygen atoms in total. The number of nitrogens with two attached hydrogens (primary N) is 1. The monoisotopic (exact) mass is 439 g/mol. The molecule has 0 spiro atoms. The molecular formula is C22H50ClNO3Si. The number of halogens is 1. The molecule has 6 heteroatoms.